The number of aryl methyl sites for hydroxylation is 1. The molecule has 0 radical (unpaired) electrons. The standard InChI is InChI=1S/C28H30BrCl2N3O4S/c1-4-26(28(36)32-5-2)33(17-20-8-15-24(30)25(31)16-20)27(35)18-34(22-11-9-21(29)10-12-22)39(37,38)23-13-6-19(3)7-14-23/h6-16,26H,4-5,17-18H2,1-3H3,(H,32,36). The van der Waals surface area contributed by atoms with Crippen molar-refractivity contribution in [1.29, 1.82) is 0 Å². The summed E-state index contributed by atoms with van der Waals surface area (Å²) in [5.74, 6) is -0.872. The van der Waals surface area contributed by atoms with Crippen LogP contribution in [0, 0.1) is 6.92 Å². The molecule has 0 saturated heterocycles. The molecule has 39 heavy (non-hydrogen) atoms. The molecule has 1 atom stereocenters. The number of hydrogen-bond acceptors (Lipinski definition) is 4. The summed E-state index contributed by atoms with van der Waals surface area (Å²) in [6.45, 7) is 5.35. The molecule has 3 rings (SSSR count). The first-order valence-corrected chi connectivity index (χ1v) is 15.3. The number of halogens is 3. The van der Waals surface area contributed by atoms with Gasteiger partial charge in [-0.2, -0.15) is 0 Å². The van der Waals surface area contributed by atoms with E-state index in [4.69, 9.17) is 23.2 Å². The van der Waals surface area contributed by atoms with E-state index in [0.29, 0.717) is 34.3 Å². The highest BCUT2D eigenvalue weighted by molar-refractivity contribution is 9.10. The van der Waals surface area contributed by atoms with Crippen LogP contribution in [-0.4, -0.2) is 44.3 Å². The Labute approximate surface area is 248 Å². The molecule has 3 aromatic carbocycles. The summed E-state index contributed by atoms with van der Waals surface area (Å²) in [5.41, 5.74) is 1.87. The summed E-state index contributed by atoms with van der Waals surface area (Å²) >= 11 is 15.7. The van der Waals surface area contributed by atoms with Gasteiger partial charge in [0, 0.05) is 17.6 Å². The third kappa shape index (κ3) is 7.75. The van der Waals surface area contributed by atoms with Gasteiger partial charge in [0.05, 0.1) is 20.6 Å². The van der Waals surface area contributed by atoms with E-state index < -0.39 is 28.5 Å². The minimum atomic E-state index is -4.13. The third-order valence-electron chi connectivity index (χ3n) is 6.08. The van der Waals surface area contributed by atoms with Crippen molar-refractivity contribution in [3.63, 3.8) is 0 Å². The smallest absolute Gasteiger partial charge is 0.264 e. The Hall–Kier alpha value is -2.59. The quantitative estimate of drug-likeness (QED) is 0.267. The van der Waals surface area contributed by atoms with Gasteiger partial charge in [0.1, 0.15) is 12.6 Å². The summed E-state index contributed by atoms with van der Waals surface area (Å²) in [6.07, 6.45) is 0.321. The molecular weight excluding hydrogens is 625 g/mol. The van der Waals surface area contributed by atoms with E-state index >= 15 is 0 Å². The summed E-state index contributed by atoms with van der Waals surface area (Å²) < 4.78 is 29.5. The zero-order valence-electron chi connectivity index (χ0n) is 21.8. The van der Waals surface area contributed by atoms with Gasteiger partial charge in [-0.25, -0.2) is 8.42 Å². The zero-order chi connectivity index (χ0) is 28.7. The Morgan fingerprint density at radius 2 is 1.59 bits per heavy atom. The van der Waals surface area contributed by atoms with E-state index in [2.05, 4.69) is 21.2 Å². The predicted molar refractivity (Wildman–Crippen MR) is 160 cm³/mol. The Balaban J connectivity index is 2.06. The molecule has 1 N–H and O–H groups in total. The number of carbonyl (C=O) groups is 2. The van der Waals surface area contributed by atoms with E-state index in [-0.39, 0.29) is 17.3 Å². The molecule has 3 aromatic rings. The van der Waals surface area contributed by atoms with Crippen molar-refractivity contribution in [2.75, 3.05) is 17.4 Å². The maximum atomic E-state index is 14.0. The molecule has 0 spiro atoms. The molecule has 0 aromatic heterocycles. The lowest BCUT2D eigenvalue weighted by Crippen LogP contribution is -2.52. The van der Waals surface area contributed by atoms with Crippen LogP contribution < -0.4 is 9.62 Å². The first-order valence-electron chi connectivity index (χ1n) is 12.3. The summed E-state index contributed by atoms with van der Waals surface area (Å²) in [4.78, 5) is 28.4. The van der Waals surface area contributed by atoms with Crippen LogP contribution >= 0.6 is 39.1 Å². The van der Waals surface area contributed by atoms with Crippen molar-refractivity contribution in [3.05, 3.63) is 92.4 Å². The van der Waals surface area contributed by atoms with Crippen molar-refractivity contribution < 1.29 is 18.0 Å². The second-order valence-electron chi connectivity index (χ2n) is 8.89. The van der Waals surface area contributed by atoms with Gasteiger partial charge in [-0.15, -0.1) is 0 Å². The molecule has 2 amide bonds. The minimum absolute atomic E-state index is 0.0319. The summed E-state index contributed by atoms with van der Waals surface area (Å²) in [7, 11) is -4.13. The van der Waals surface area contributed by atoms with E-state index in [1.807, 2.05) is 6.92 Å². The molecule has 208 valence electrons. The van der Waals surface area contributed by atoms with Crippen LogP contribution in [0.15, 0.2) is 76.1 Å². The van der Waals surface area contributed by atoms with Crippen LogP contribution in [0.4, 0.5) is 5.69 Å². The van der Waals surface area contributed by atoms with Crippen LogP contribution in [0.25, 0.3) is 0 Å². The van der Waals surface area contributed by atoms with E-state index in [0.717, 1.165) is 14.3 Å². The van der Waals surface area contributed by atoms with Crippen LogP contribution in [0.1, 0.15) is 31.4 Å². The second-order valence-corrected chi connectivity index (χ2v) is 12.5. The van der Waals surface area contributed by atoms with Crippen LogP contribution in [0.2, 0.25) is 10.0 Å². The number of nitrogens with one attached hydrogen (secondary N) is 1. The molecule has 11 heteroatoms. The third-order valence-corrected chi connectivity index (χ3v) is 9.13. The molecule has 0 fully saturated rings. The molecule has 0 aliphatic carbocycles. The van der Waals surface area contributed by atoms with Gasteiger partial charge < -0.3 is 10.2 Å². The predicted octanol–water partition coefficient (Wildman–Crippen LogP) is 6.20. The molecule has 7 nitrogen and oxygen atoms in total. The van der Waals surface area contributed by atoms with E-state index in [1.54, 1.807) is 68.4 Å². The lowest BCUT2D eigenvalue weighted by Gasteiger charge is -2.33. The Morgan fingerprint density at radius 1 is 0.949 bits per heavy atom. The minimum Gasteiger partial charge on any atom is -0.355 e. The topological polar surface area (TPSA) is 86.8 Å². The van der Waals surface area contributed by atoms with Gasteiger partial charge in [0.15, 0.2) is 0 Å². The monoisotopic (exact) mass is 653 g/mol. The maximum absolute atomic E-state index is 14.0. The van der Waals surface area contributed by atoms with Crippen LogP contribution in [0.5, 0.6) is 0 Å². The fraction of sp³-hybridized carbons (Fsp3) is 0.286. The summed E-state index contributed by atoms with van der Waals surface area (Å²) in [5, 5.41) is 3.45. The van der Waals surface area contributed by atoms with Crippen molar-refractivity contribution in [2.24, 2.45) is 0 Å². The average Bonchev–Trinajstić information content (AvgIpc) is 2.90. The highest BCUT2D eigenvalue weighted by atomic mass is 79.9. The van der Waals surface area contributed by atoms with Gasteiger partial charge in [-0.3, -0.25) is 13.9 Å². The lowest BCUT2D eigenvalue weighted by atomic mass is 10.1. The van der Waals surface area contributed by atoms with Gasteiger partial charge in [-0.1, -0.05) is 69.8 Å². The number of carbonyl (C=O) groups excluding carboxylic acids is 2. The van der Waals surface area contributed by atoms with E-state index in [1.165, 1.54) is 17.0 Å². The van der Waals surface area contributed by atoms with Gasteiger partial charge in [-0.05, 0) is 74.4 Å². The lowest BCUT2D eigenvalue weighted by molar-refractivity contribution is -0.140. The number of amides is 2. The van der Waals surface area contributed by atoms with Crippen LogP contribution in [0.3, 0.4) is 0 Å². The number of hydrogen-bond donors (Lipinski definition) is 1. The Bertz CT molecular complexity index is 1420. The summed E-state index contributed by atoms with van der Waals surface area (Å²) in [6, 6.07) is 17.2. The number of nitrogens with zero attached hydrogens (tertiary/aromatic N) is 2. The molecule has 0 aliphatic heterocycles. The molecule has 1 unspecified atom stereocenters. The molecule has 0 saturated carbocycles. The first kappa shape index (κ1) is 30.9. The van der Waals surface area contributed by atoms with Crippen molar-refractivity contribution in [1.82, 2.24) is 10.2 Å². The molecule has 0 aliphatic rings. The normalized spacial score (nSPS) is 12.1. The van der Waals surface area contributed by atoms with Gasteiger partial charge >= 0.3 is 0 Å². The Kier molecular flexibility index (Phi) is 10.8. The zero-order valence-corrected chi connectivity index (χ0v) is 25.7. The van der Waals surface area contributed by atoms with Gasteiger partial charge in [0.2, 0.25) is 11.8 Å². The number of sulfonamides is 1. The van der Waals surface area contributed by atoms with Crippen molar-refractivity contribution in [3.8, 4) is 0 Å². The highest BCUT2D eigenvalue weighted by Crippen LogP contribution is 2.27. The average molecular weight is 655 g/mol. The molecule has 0 heterocycles. The molecule has 0 bridgehead atoms. The number of benzene rings is 3. The number of likely N-dealkylation sites (N-methyl/N-ethyl adjacent to an activating group) is 1. The fourth-order valence-corrected chi connectivity index (χ4v) is 6.02. The van der Waals surface area contributed by atoms with Gasteiger partial charge in [0.25, 0.3) is 10.0 Å². The van der Waals surface area contributed by atoms with Crippen LogP contribution in [-0.2, 0) is 26.2 Å². The number of anilines is 1. The SMILES string of the molecule is CCNC(=O)C(CC)N(Cc1ccc(Cl)c(Cl)c1)C(=O)CN(c1ccc(Br)cc1)S(=O)(=O)c1ccc(C)cc1. The second kappa shape index (κ2) is 13.7. The maximum Gasteiger partial charge on any atom is 0.264 e. The highest BCUT2D eigenvalue weighted by Gasteiger charge is 2.33. The van der Waals surface area contributed by atoms with Crippen molar-refractivity contribution >= 4 is 66.7 Å². The fourth-order valence-electron chi connectivity index (χ4n) is 4.02. The number of rotatable bonds is 11. The first-order chi connectivity index (χ1) is 18.5. The van der Waals surface area contributed by atoms with E-state index in [9.17, 15) is 18.0 Å². The largest absolute Gasteiger partial charge is 0.355 e. The Morgan fingerprint density at radius 3 is 2.15 bits per heavy atom. The van der Waals surface area contributed by atoms with Crippen molar-refractivity contribution in [2.45, 2.75) is 44.7 Å². The molecular formula is C28H30BrCl2N3O4S.